The standard InChI is InChI=1S/C10H11BrN2O2S/c1-8-5-9(11)7-10(6-8)16(14,15)13-4-2-3-12/h5-7,13H,2,4H2,1H3. The van der Waals surface area contributed by atoms with Crippen molar-refractivity contribution in [1.29, 1.82) is 5.26 Å². The van der Waals surface area contributed by atoms with Crippen molar-refractivity contribution in [2.24, 2.45) is 0 Å². The summed E-state index contributed by atoms with van der Waals surface area (Å²) < 4.78 is 26.6. The molecular weight excluding hydrogens is 292 g/mol. The SMILES string of the molecule is Cc1cc(Br)cc(S(=O)(=O)NCCC#N)c1. The van der Waals surface area contributed by atoms with E-state index in [1.807, 2.05) is 19.1 Å². The van der Waals surface area contributed by atoms with E-state index < -0.39 is 10.0 Å². The molecule has 0 aliphatic carbocycles. The van der Waals surface area contributed by atoms with Crippen molar-refractivity contribution in [2.45, 2.75) is 18.2 Å². The van der Waals surface area contributed by atoms with Crippen LogP contribution in [0.2, 0.25) is 0 Å². The zero-order chi connectivity index (χ0) is 12.2. The lowest BCUT2D eigenvalue weighted by Crippen LogP contribution is -2.24. The molecule has 1 aromatic rings. The van der Waals surface area contributed by atoms with Crippen LogP contribution in [0.15, 0.2) is 27.6 Å². The first-order chi connectivity index (χ1) is 7.45. The van der Waals surface area contributed by atoms with E-state index in [9.17, 15) is 8.42 Å². The number of nitrogens with zero attached hydrogens (tertiary/aromatic N) is 1. The van der Waals surface area contributed by atoms with Gasteiger partial charge in [-0.2, -0.15) is 5.26 Å². The highest BCUT2D eigenvalue weighted by atomic mass is 79.9. The van der Waals surface area contributed by atoms with E-state index in [2.05, 4.69) is 20.7 Å². The summed E-state index contributed by atoms with van der Waals surface area (Å²) >= 11 is 3.24. The monoisotopic (exact) mass is 302 g/mol. The number of nitriles is 1. The minimum absolute atomic E-state index is 0.129. The van der Waals surface area contributed by atoms with Gasteiger partial charge in [-0.15, -0.1) is 0 Å². The Labute approximate surface area is 103 Å². The van der Waals surface area contributed by atoms with Crippen molar-refractivity contribution >= 4 is 26.0 Å². The Bertz CT molecular complexity index is 500. The molecule has 0 atom stereocenters. The Morgan fingerprint density at radius 2 is 2.12 bits per heavy atom. The van der Waals surface area contributed by atoms with Gasteiger partial charge in [0.05, 0.1) is 11.0 Å². The van der Waals surface area contributed by atoms with E-state index in [1.54, 1.807) is 6.07 Å². The van der Waals surface area contributed by atoms with Crippen LogP contribution in [0.5, 0.6) is 0 Å². The molecule has 4 nitrogen and oxygen atoms in total. The predicted molar refractivity (Wildman–Crippen MR) is 64.3 cm³/mol. The largest absolute Gasteiger partial charge is 0.240 e. The molecule has 0 radical (unpaired) electrons. The van der Waals surface area contributed by atoms with E-state index in [0.29, 0.717) is 4.47 Å². The maximum Gasteiger partial charge on any atom is 0.240 e. The molecule has 0 aromatic heterocycles. The third kappa shape index (κ3) is 3.59. The Balaban J connectivity index is 2.95. The van der Waals surface area contributed by atoms with Gasteiger partial charge in [-0.05, 0) is 30.7 Å². The van der Waals surface area contributed by atoms with Crippen molar-refractivity contribution in [3.05, 3.63) is 28.2 Å². The van der Waals surface area contributed by atoms with Gasteiger partial charge < -0.3 is 0 Å². The molecule has 16 heavy (non-hydrogen) atoms. The molecule has 0 spiro atoms. The lowest BCUT2D eigenvalue weighted by molar-refractivity contribution is 0.582. The van der Waals surface area contributed by atoms with E-state index in [4.69, 9.17) is 5.26 Å². The summed E-state index contributed by atoms with van der Waals surface area (Å²) in [6, 6.07) is 6.82. The number of benzene rings is 1. The number of nitrogens with one attached hydrogen (secondary N) is 1. The summed E-state index contributed by atoms with van der Waals surface area (Å²) in [5.41, 5.74) is 0.857. The second-order valence-electron chi connectivity index (χ2n) is 3.27. The quantitative estimate of drug-likeness (QED) is 0.864. The highest BCUT2D eigenvalue weighted by Crippen LogP contribution is 2.18. The Kier molecular flexibility index (Phi) is 4.47. The first kappa shape index (κ1) is 13.2. The minimum Gasteiger partial charge on any atom is -0.210 e. The summed E-state index contributed by atoms with van der Waals surface area (Å²) in [7, 11) is -3.51. The maximum absolute atomic E-state index is 11.8. The lowest BCUT2D eigenvalue weighted by atomic mass is 10.2. The molecule has 6 heteroatoms. The molecule has 0 heterocycles. The van der Waals surface area contributed by atoms with Gasteiger partial charge in [0.2, 0.25) is 10.0 Å². The first-order valence-electron chi connectivity index (χ1n) is 4.59. The zero-order valence-electron chi connectivity index (χ0n) is 8.70. The molecule has 0 fully saturated rings. The molecule has 0 aliphatic heterocycles. The fourth-order valence-corrected chi connectivity index (χ4v) is 3.10. The van der Waals surface area contributed by atoms with Crippen LogP contribution in [0.3, 0.4) is 0 Å². The fraction of sp³-hybridized carbons (Fsp3) is 0.300. The van der Waals surface area contributed by atoms with Crippen LogP contribution in [0.1, 0.15) is 12.0 Å². The molecule has 1 N–H and O–H groups in total. The summed E-state index contributed by atoms with van der Waals surface area (Å²) in [6.45, 7) is 1.95. The molecule has 1 rings (SSSR count). The van der Waals surface area contributed by atoms with Crippen molar-refractivity contribution in [2.75, 3.05) is 6.54 Å². The Morgan fingerprint density at radius 1 is 1.44 bits per heavy atom. The normalized spacial score (nSPS) is 11.1. The molecule has 1 aromatic carbocycles. The number of rotatable bonds is 4. The molecule has 86 valence electrons. The smallest absolute Gasteiger partial charge is 0.210 e. The average Bonchev–Trinajstić information content (AvgIpc) is 2.16. The fourth-order valence-electron chi connectivity index (χ4n) is 1.18. The number of hydrogen-bond donors (Lipinski definition) is 1. The van der Waals surface area contributed by atoms with Crippen LogP contribution in [0.4, 0.5) is 0 Å². The second-order valence-corrected chi connectivity index (χ2v) is 5.95. The van der Waals surface area contributed by atoms with Gasteiger partial charge >= 0.3 is 0 Å². The van der Waals surface area contributed by atoms with Gasteiger partial charge in [-0.3, -0.25) is 0 Å². The highest BCUT2D eigenvalue weighted by Gasteiger charge is 2.13. The highest BCUT2D eigenvalue weighted by molar-refractivity contribution is 9.10. The Hall–Kier alpha value is -0.900. The third-order valence-electron chi connectivity index (χ3n) is 1.85. The molecule has 0 saturated heterocycles. The summed E-state index contributed by atoms with van der Waals surface area (Å²) in [4.78, 5) is 0.206. The molecule has 0 saturated carbocycles. The predicted octanol–water partition coefficient (Wildman–Crippen LogP) is 1.95. The molecule has 0 aliphatic rings. The van der Waals surface area contributed by atoms with E-state index in [-0.39, 0.29) is 17.9 Å². The van der Waals surface area contributed by atoms with Crippen molar-refractivity contribution in [3.63, 3.8) is 0 Å². The maximum atomic E-state index is 11.8. The topological polar surface area (TPSA) is 70.0 Å². The minimum atomic E-state index is -3.51. The van der Waals surface area contributed by atoms with E-state index >= 15 is 0 Å². The van der Waals surface area contributed by atoms with Gasteiger partial charge in [-0.25, -0.2) is 13.1 Å². The van der Waals surface area contributed by atoms with Gasteiger partial charge in [0.1, 0.15) is 0 Å². The molecular formula is C10H11BrN2O2S. The van der Waals surface area contributed by atoms with Crippen LogP contribution in [-0.4, -0.2) is 15.0 Å². The van der Waals surface area contributed by atoms with Crippen LogP contribution >= 0.6 is 15.9 Å². The van der Waals surface area contributed by atoms with Crippen LogP contribution in [0.25, 0.3) is 0 Å². The zero-order valence-corrected chi connectivity index (χ0v) is 11.1. The third-order valence-corrected chi connectivity index (χ3v) is 3.75. The molecule has 0 bridgehead atoms. The average molecular weight is 303 g/mol. The number of hydrogen-bond acceptors (Lipinski definition) is 3. The summed E-state index contributed by atoms with van der Waals surface area (Å²) in [5, 5.41) is 8.33. The van der Waals surface area contributed by atoms with Gasteiger partial charge in [0.25, 0.3) is 0 Å². The lowest BCUT2D eigenvalue weighted by Gasteiger charge is -2.06. The second kappa shape index (κ2) is 5.43. The number of aryl methyl sites for hydroxylation is 1. The van der Waals surface area contributed by atoms with Crippen molar-refractivity contribution in [1.82, 2.24) is 4.72 Å². The van der Waals surface area contributed by atoms with E-state index in [0.717, 1.165) is 5.56 Å². The van der Waals surface area contributed by atoms with Crippen LogP contribution in [-0.2, 0) is 10.0 Å². The van der Waals surface area contributed by atoms with Gasteiger partial charge in [0.15, 0.2) is 0 Å². The van der Waals surface area contributed by atoms with Gasteiger partial charge in [-0.1, -0.05) is 15.9 Å². The summed E-state index contributed by atoms with van der Waals surface area (Å²) in [6.07, 6.45) is 0.159. The van der Waals surface area contributed by atoms with Crippen molar-refractivity contribution < 1.29 is 8.42 Å². The number of halogens is 1. The summed E-state index contributed by atoms with van der Waals surface area (Å²) in [5.74, 6) is 0. The van der Waals surface area contributed by atoms with Gasteiger partial charge in [0, 0.05) is 17.4 Å². The van der Waals surface area contributed by atoms with E-state index in [1.165, 1.54) is 6.07 Å². The number of sulfonamides is 1. The first-order valence-corrected chi connectivity index (χ1v) is 6.87. The molecule has 0 unspecified atom stereocenters. The van der Waals surface area contributed by atoms with Crippen molar-refractivity contribution in [3.8, 4) is 6.07 Å². The van der Waals surface area contributed by atoms with Crippen LogP contribution in [0, 0.1) is 18.3 Å². The molecule has 0 amide bonds. The van der Waals surface area contributed by atoms with Crippen LogP contribution < -0.4 is 4.72 Å². The Morgan fingerprint density at radius 3 is 2.69 bits per heavy atom.